The highest BCUT2D eigenvalue weighted by molar-refractivity contribution is 7.87. The molecule has 38 heavy (non-hydrogen) atoms. The minimum Gasteiger partial charge on any atom is -0.467 e. The molecule has 1 aromatic heterocycles. The highest BCUT2D eigenvalue weighted by atomic mass is 32.2. The van der Waals surface area contributed by atoms with E-state index in [4.69, 9.17) is 8.60 Å². The number of hydrogen-bond donors (Lipinski definition) is 1. The molecular weight excluding hydrogens is 521 g/mol. The SMILES string of the molecule is O=C(NCc1ccccc1)N(Cc1cccc(OS(=O)(=O)c2cccc(C(F)(F)F)c2)c1)Cc1ccco1. The summed E-state index contributed by atoms with van der Waals surface area (Å²) in [5.74, 6) is 0.432. The first kappa shape index (κ1) is 26.8. The first-order valence-corrected chi connectivity index (χ1v) is 12.8. The van der Waals surface area contributed by atoms with Crippen LogP contribution in [-0.4, -0.2) is 19.3 Å². The largest absolute Gasteiger partial charge is 0.467 e. The van der Waals surface area contributed by atoms with Gasteiger partial charge in [0.25, 0.3) is 0 Å². The van der Waals surface area contributed by atoms with Gasteiger partial charge in [0, 0.05) is 13.1 Å². The topological polar surface area (TPSA) is 88.9 Å². The number of hydrogen-bond acceptors (Lipinski definition) is 5. The molecule has 2 amide bonds. The van der Waals surface area contributed by atoms with Gasteiger partial charge in [0.05, 0.1) is 18.4 Å². The van der Waals surface area contributed by atoms with Crippen LogP contribution in [0.1, 0.15) is 22.5 Å². The molecule has 0 unspecified atom stereocenters. The number of urea groups is 1. The molecule has 3 aromatic carbocycles. The molecule has 4 aromatic rings. The summed E-state index contributed by atoms with van der Waals surface area (Å²) in [6.07, 6.45) is -3.22. The van der Waals surface area contributed by atoms with E-state index >= 15 is 0 Å². The third kappa shape index (κ3) is 7.16. The van der Waals surface area contributed by atoms with Gasteiger partial charge in [-0.25, -0.2) is 4.79 Å². The van der Waals surface area contributed by atoms with Crippen molar-refractivity contribution in [2.45, 2.75) is 30.7 Å². The third-order valence-corrected chi connectivity index (χ3v) is 6.67. The van der Waals surface area contributed by atoms with Crippen LogP contribution < -0.4 is 9.50 Å². The summed E-state index contributed by atoms with van der Waals surface area (Å²) in [7, 11) is -4.55. The van der Waals surface area contributed by atoms with Crippen molar-refractivity contribution in [3.63, 3.8) is 0 Å². The maximum atomic E-state index is 13.0. The molecule has 1 N–H and O–H groups in total. The summed E-state index contributed by atoms with van der Waals surface area (Å²) in [5.41, 5.74) is 0.336. The summed E-state index contributed by atoms with van der Waals surface area (Å²) < 4.78 is 74.9. The van der Waals surface area contributed by atoms with E-state index in [1.807, 2.05) is 30.3 Å². The number of nitrogens with zero attached hydrogens (tertiary/aromatic N) is 1. The maximum absolute atomic E-state index is 13.0. The molecule has 0 aliphatic carbocycles. The molecule has 0 fully saturated rings. The molecule has 0 radical (unpaired) electrons. The quantitative estimate of drug-likeness (QED) is 0.262. The number of furan rings is 1. The summed E-state index contributed by atoms with van der Waals surface area (Å²) in [6, 6.07) is 21.7. The molecule has 0 saturated carbocycles. The lowest BCUT2D eigenvalue weighted by molar-refractivity contribution is -0.137. The van der Waals surface area contributed by atoms with Crippen molar-refractivity contribution in [2.75, 3.05) is 0 Å². The van der Waals surface area contributed by atoms with E-state index in [-0.39, 0.29) is 24.9 Å². The molecular formula is C27H23F3N2O5S. The monoisotopic (exact) mass is 544 g/mol. The fourth-order valence-electron chi connectivity index (χ4n) is 3.59. The number of carbonyl (C=O) groups excluding carboxylic acids is 1. The van der Waals surface area contributed by atoms with Crippen molar-refractivity contribution in [3.8, 4) is 5.75 Å². The predicted octanol–water partition coefficient (Wildman–Crippen LogP) is 5.98. The van der Waals surface area contributed by atoms with Gasteiger partial charge in [-0.3, -0.25) is 0 Å². The smallest absolute Gasteiger partial charge is 0.416 e. The molecule has 0 aliphatic heterocycles. The third-order valence-electron chi connectivity index (χ3n) is 5.43. The van der Waals surface area contributed by atoms with Crippen molar-refractivity contribution in [1.82, 2.24) is 10.2 Å². The molecule has 7 nitrogen and oxygen atoms in total. The van der Waals surface area contributed by atoms with Gasteiger partial charge in [-0.05, 0) is 53.6 Å². The Bertz CT molecular complexity index is 1470. The minimum atomic E-state index is -4.70. The summed E-state index contributed by atoms with van der Waals surface area (Å²) >= 11 is 0. The Balaban J connectivity index is 1.50. The van der Waals surface area contributed by atoms with Crippen LogP contribution in [0.3, 0.4) is 0 Å². The standard InChI is InChI=1S/C27H23F3N2O5S/c28-27(29,30)22-10-5-13-25(16-22)38(34,35)37-23-11-4-9-21(15-23)18-32(19-24-12-6-14-36-24)26(33)31-17-20-7-2-1-3-8-20/h1-16H,17-19H2,(H,31,33). The fraction of sp³-hybridized carbons (Fsp3) is 0.148. The lowest BCUT2D eigenvalue weighted by Gasteiger charge is -2.22. The molecule has 198 valence electrons. The van der Waals surface area contributed by atoms with Crippen LogP contribution in [0, 0.1) is 0 Å². The van der Waals surface area contributed by atoms with E-state index in [2.05, 4.69) is 5.32 Å². The zero-order valence-electron chi connectivity index (χ0n) is 19.9. The molecule has 0 spiro atoms. The highest BCUT2D eigenvalue weighted by Gasteiger charge is 2.32. The van der Waals surface area contributed by atoms with Crippen LogP contribution in [0.4, 0.5) is 18.0 Å². The van der Waals surface area contributed by atoms with E-state index < -0.39 is 26.8 Å². The normalized spacial score (nSPS) is 11.7. The van der Waals surface area contributed by atoms with Gasteiger partial charge >= 0.3 is 22.3 Å². The molecule has 4 rings (SSSR count). The Labute approximate surface area is 217 Å². The van der Waals surface area contributed by atoms with E-state index in [9.17, 15) is 26.4 Å². The molecule has 0 atom stereocenters. The first-order valence-electron chi connectivity index (χ1n) is 11.4. The number of nitrogens with one attached hydrogen (secondary N) is 1. The van der Waals surface area contributed by atoms with Gasteiger partial charge in [-0.15, -0.1) is 0 Å². The second-order valence-electron chi connectivity index (χ2n) is 8.29. The fourth-order valence-corrected chi connectivity index (χ4v) is 4.56. The van der Waals surface area contributed by atoms with Gasteiger partial charge in [0.15, 0.2) is 0 Å². The Morgan fingerprint density at radius 2 is 1.61 bits per heavy atom. The zero-order chi connectivity index (χ0) is 27.2. The average molecular weight is 545 g/mol. The van der Waals surface area contributed by atoms with Crippen LogP contribution in [0.25, 0.3) is 0 Å². The van der Waals surface area contributed by atoms with Gasteiger partial charge in [-0.2, -0.15) is 21.6 Å². The first-order chi connectivity index (χ1) is 18.1. The van der Waals surface area contributed by atoms with Gasteiger partial charge < -0.3 is 18.8 Å². The van der Waals surface area contributed by atoms with Gasteiger partial charge in [0.1, 0.15) is 16.4 Å². The Hall–Kier alpha value is -4.25. The Kier molecular flexibility index (Phi) is 8.06. The van der Waals surface area contributed by atoms with Gasteiger partial charge in [0.2, 0.25) is 0 Å². The van der Waals surface area contributed by atoms with Crippen LogP contribution in [0.5, 0.6) is 5.75 Å². The van der Waals surface area contributed by atoms with Crippen molar-refractivity contribution >= 4 is 16.1 Å². The number of carbonyl (C=O) groups is 1. The van der Waals surface area contributed by atoms with Crippen LogP contribution >= 0.6 is 0 Å². The minimum absolute atomic E-state index is 0.0716. The lowest BCUT2D eigenvalue weighted by Crippen LogP contribution is -2.38. The van der Waals surface area contributed by atoms with E-state index in [1.165, 1.54) is 29.4 Å². The van der Waals surface area contributed by atoms with E-state index in [0.717, 1.165) is 23.8 Å². The molecule has 11 heteroatoms. The van der Waals surface area contributed by atoms with Crippen molar-refractivity contribution in [1.29, 1.82) is 0 Å². The number of halogens is 3. The van der Waals surface area contributed by atoms with E-state index in [1.54, 1.807) is 18.2 Å². The predicted molar refractivity (Wildman–Crippen MR) is 132 cm³/mol. The summed E-state index contributed by atoms with van der Waals surface area (Å²) in [4.78, 5) is 13.9. The molecule has 0 aliphatic rings. The van der Waals surface area contributed by atoms with E-state index in [0.29, 0.717) is 23.9 Å². The van der Waals surface area contributed by atoms with Gasteiger partial charge in [-0.1, -0.05) is 48.5 Å². The molecule has 0 saturated heterocycles. The maximum Gasteiger partial charge on any atom is 0.416 e. The Morgan fingerprint density at radius 1 is 0.868 bits per heavy atom. The molecule has 1 heterocycles. The van der Waals surface area contributed by atoms with Crippen LogP contribution in [0.15, 0.2) is 107 Å². The Morgan fingerprint density at radius 3 is 2.32 bits per heavy atom. The summed E-state index contributed by atoms with van der Waals surface area (Å²) in [6.45, 7) is 0.510. The van der Waals surface area contributed by atoms with Crippen molar-refractivity contribution in [3.05, 3.63) is 120 Å². The zero-order valence-corrected chi connectivity index (χ0v) is 20.7. The van der Waals surface area contributed by atoms with Crippen molar-refractivity contribution < 1.29 is 35.0 Å². The number of alkyl halides is 3. The highest BCUT2D eigenvalue weighted by Crippen LogP contribution is 2.31. The number of rotatable bonds is 9. The number of amides is 2. The second-order valence-corrected chi connectivity index (χ2v) is 9.84. The van der Waals surface area contributed by atoms with Crippen molar-refractivity contribution in [2.24, 2.45) is 0 Å². The second kappa shape index (κ2) is 11.4. The lowest BCUT2D eigenvalue weighted by atomic mass is 10.2. The number of benzene rings is 3. The summed E-state index contributed by atoms with van der Waals surface area (Å²) in [5, 5.41) is 2.85. The van der Waals surface area contributed by atoms with Crippen LogP contribution in [-0.2, 0) is 35.9 Å². The molecule has 0 bridgehead atoms. The van der Waals surface area contributed by atoms with Crippen LogP contribution in [0.2, 0.25) is 0 Å². The average Bonchev–Trinajstić information content (AvgIpc) is 3.40.